The van der Waals surface area contributed by atoms with E-state index in [-0.39, 0.29) is 33.1 Å². The van der Waals surface area contributed by atoms with E-state index in [2.05, 4.69) is 20.2 Å². The Kier molecular flexibility index (Phi) is 4.84. The molecule has 3 aromatic heterocycles. The SMILES string of the molecule is CCS(=O)(=O)c1ccc(-n2cncn2)nc1-n1ncc2ccc(C(F)(F)F)cc2c1=O. The first kappa shape index (κ1) is 20.7. The second-order valence-corrected chi connectivity index (χ2v) is 8.64. The van der Waals surface area contributed by atoms with Crippen molar-refractivity contribution in [1.82, 2.24) is 29.5 Å². The number of halogens is 3. The number of hydrogen-bond donors (Lipinski definition) is 0. The van der Waals surface area contributed by atoms with Gasteiger partial charge < -0.3 is 0 Å². The number of hydrogen-bond acceptors (Lipinski definition) is 7. The van der Waals surface area contributed by atoms with E-state index in [1.54, 1.807) is 0 Å². The third kappa shape index (κ3) is 3.67. The Labute approximate surface area is 172 Å². The van der Waals surface area contributed by atoms with Gasteiger partial charge in [0.25, 0.3) is 5.56 Å². The zero-order valence-corrected chi connectivity index (χ0v) is 16.6. The van der Waals surface area contributed by atoms with Gasteiger partial charge in [0.2, 0.25) is 0 Å². The van der Waals surface area contributed by atoms with Crippen molar-refractivity contribution in [2.24, 2.45) is 0 Å². The van der Waals surface area contributed by atoms with Gasteiger partial charge in [0.15, 0.2) is 21.5 Å². The summed E-state index contributed by atoms with van der Waals surface area (Å²) in [4.78, 5) is 20.7. The van der Waals surface area contributed by atoms with E-state index in [0.717, 1.165) is 12.1 Å². The topological polar surface area (TPSA) is 113 Å². The molecule has 0 spiro atoms. The number of aromatic nitrogens is 6. The largest absolute Gasteiger partial charge is 0.416 e. The normalized spacial score (nSPS) is 12.4. The van der Waals surface area contributed by atoms with Crippen molar-refractivity contribution < 1.29 is 21.6 Å². The summed E-state index contributed by atoms with van der Waals surface area (Å²) in [6.45, 7) is 1.41. The molecular formula is C18H13F3N6O3S. The molecule has 1 aromatic carbocycles. The lowest BCUT2D eigenvalue weighted by atomic mass is 10.1. The zero-order valence-electron chi connectivity index (χ0n) is 15.8. The lowest BCUT2D eigenvalue weighted by Gasteiger charge is -2.13. The van der Waals surface area contributed by atoms with Crippen LogP contribution in [0.15, 0.2) is 58.9 Å². The first-order valence-corrected chi connectivity index (χ1v) is 10.5. The fourth-order valence-corrected chi connectivity index (χ4v) is 3.89. The number of nitrogens with zero attached hydrogens (tertiary/aromatic N) is 6. The maximum absolute atomic E-state index is 13.1. The van der Waals surface area contributed by atoms with Crippen molar-refractivity contribution in [2.75, 3.05) is 5.75 Å². The van der Waals surface area contributed by atoms with E-state index in [1.807, 2.05) is 0 Å². The molecule has 0 aliphatic heterocycles. The predicted octanol–water partition coefficient (Wildman–Crippen LogP) is 2.17. The van der Waals surface area contributed by atoms with Crippen molar-refractivity contribution in [3.8, 4) is 11.6 Å². The zero-order chi connectivity index (χ0) is 22.4. The van der Waals surface area contributed by atoms with Gasteiger partial charge in [-0.2, -0.15) is 28.1 Å². The minimum atomic E-state index is -4.66. The van der Waals surface area contributed by atoms with Crippen LogP contribution in [0.1, 0.15) is 12.5 Å². The van der Waals surface area contributed by atoms with Crippen LogP contribution >= 0.6 is 0 Å². The molecule has 13 heteroatoms. The molecular weight excluding hydrogens is 437 g/mol. The molecule has 0 bridgehead atoms. The van der Waals surface area contributed by atoms with Crippen LogP contribution in [0.25, 0.3) is 22.4 Å². The van der Waals surface area contributed by atoms with E-state index < -0.39 is 27.1 Å². The van der Waals surface area contributed by atoms with Gasteiger partial charge >= 0.3 is 6.18 Å². The molecule has 0 unspecified atom stereocenters. The van der Waals surface area contributed by atoms with E-state index in [9.17, 15) is 26.4 Å². The molecule has 0 N–H and O–H groups in total. The second kappa shape index (κ2) is 7.27. The first-order valence-electron chi connectivity index (χ1n) is 8.80. The number of alkyl halides is 3. The first-order chi connectivity index (χ1) is 14.6. The van der Waals surface area contributed by atoms with Crippen LogP contribution in [-0.2, 0) is 16.0 Å². The van der Waals surface area contributed by atoms with Crippen LogP contribution in [0.3, 0.4) is 0 Å². The summed E-state index contributed by atoms with van der Waals surface area (Å²) in [5.41, 5.74) is -1.96. The number of sulfone groups is 1. The summed E-state index contributed by atoms with van der Waals surface area (Å²) in [7, 11) is -3.85. The monoisotopic (exact) mass is 450 g/mol. The lowest BCUT2D eigenvalue weighted by molar-refractivity contribution is -0.137. The number of benzene rings is 1. The van der Waals surface area contributed by atoms with Crippen molar-refractivity contribution >= 4 is 20.6 Å². The maximum Gasteiger partial charge on any atom is 0.416 e. The molecule has 0 fully saturated rings. The van der Waals surface area contributed by atoms with Gasteiger partial charge in [-0.1, -0.05) is 13.0 Å². The van der Waals surface area contributed by atoms with Gasteiger partial charge in [-0.3, -0.25) is 4.79 Å². The summed E-state index contributed by atoms with van der Waals surface area (Å²) < 4.78 is 66.4. The van der Waals surface area contributed by atoms with Crippen molar-refractivity contribution in [1.29, 1.82) is 0 Å². The number of pyridine rings is 1. The molecule has 0 saturated heterocycles. The van der Waals surface area contributed by atoms with Gasteiger partial charge in [-0.25, -0.2) is 23.1 Å². The Balaban J connectivity index is 2.03. The number of fused-ring (bicyclic) bond motifs is 1. The molecule has 3 heterocycles. The van der Waals surface area contributed by atoms with Crippen LogP contribution in [0.4, 0.5) is 13.2 Å². The highest BCUT2D eigenvalue weighted by Gasteiger charge is 2.31. The fraction of sp³-hybridized carbons (Fsp3) is 0.167. The summed E-state index contributed by atoms with van der Waals surface area (Å²) in [5, 5.41) is 7.74. The molecule has 0 radical (unpaired) electrons. The molecule has 4 rings (SSSR count). The summed E-state index contributed by atoms with van der Waals surface area (Å²) in [6.07, 6.45) is -0.941. The van der Waals surface area contributed by atoms with Crippen LogP contribution in [0.5, 0.6) is 0 Å². The molecule has 9 nitrogen and oxygen atoms in total. The van der Waals surface area contributed by atoms with E-state index in [4.69, 9.17) is 0 Å². The van der Waals surface area contributed by atoms with E-state index >= 15 is 0 Å². The molecule has 0 aliphatic rings. The Morgan fingerprint density at radius 1 is 1.10 bits per heavy atom. The maximum atomic E-state index is 13.1. The molecule has 0 aliphatic carbocycles. The molecule has 0 saturated carbocycles. The summed E-state index contributed by atoms with van der Waals surface area (Å²) in [5.74, 6) is -0.496. The van der Waals surface area contributed by atoms with Gasteiger partial charge in [0, 0.05) is 5.39 Å². The Bertz CT molecular complexity index is 1450. The molecule has 0 amide bonds. The minimum absolute atomic E-state index is 0.139. The molecule has 31 heavy (non-hydrogen) atoms. The highest BCUT2D eigenvalue weighted by Crippen LogP contribution is 2.30. The standard InChI is InChI=1S/C18H13F3N6O3S/c1-2-31(29,30)14-5-6-15(26-10-22-9-24-26)25-16(14)27-17(28)13-7-12(18(19,20)21)4-3-11(13)8-23-27/h3-10H,2H2,1H3. The summed E-state index contributed by atoms with van der Waals surface area (Å²) >= 11 is 0. The van der Waals surface area contributed by atoms with E-state index in [1.165, 1.54) is 42.6 Å². The van der Waals surface area contributed by atoms with Gasteiger partial charge in [-0.05, 0) is 24.3 Å². The van der Waals surface area contributed by atoms with Gasteiger partial charge in [-0.15, -0.1) is 0 Å². The minimum Gasteiger partial charge on any atom is -0.267 e. The smallest absolute Gasteiger partial charge is 0.267 e. The molecule has 160 valence electrons. The van der Waals surface area contributed by atoms with Crippen LogP contribution in [-0.4, -0.2) is 43.7 Å². The Morgan fingerprint density at radius 2 is 1.87 bits per heavy atom. The van der Waals surface area contributed by atoms with Crippen LogP contribution in [0, 0.1) is 0 Å². The van der Waals surface area contributed by atoms with Crippen LogP contribution in [0.2, 0.25) is 0 Å². The lowest BCUT2D eigenvalue weighted by Crippen LogP contribution is -2.25. The van der Waals surface area contributed by atoms with E-state index in [0.29, 0.717) is 10.7 Å². The average molecular weight is 450 g/mol. The highest BCUT2D eigenvalue weighted by molar-refractivity contribution is 7.91. The summed E-state index contributed by atoms with van der Waals surface area (Å²) in [6, 6.07) is 5.27. The van der Waals surface area contributed by atoms with Crippen molar-refractivity contribution in [3.05, 3.63) is 65.1 Å². The highest BCUT2D eigenvalue weighted by atomic mass is 32.2. The second-order valence-electron chi connectivity index (χ2n) is 6.40. The predicted molar refractivity (Wildman–Crippen MR) is 103 cm³/mol. The van der Waals surface area contributed by atoms with Gasteiger partial charge in [0.1, 0.15) is 17.6 Å². The quantitative estimate of drug-likeness (QED) is 0.468. The third-order valence-corrected chi connectivity index (χ3v) is 6.26. The fourth-order valence-electron chi connectivity index (χ4n) is 2.90. The Hall–Kier alpha value is -3.61. The molecule has 4 aromatic rings. The molecule has 0 atom stereocenters. The van der Waals surface area contributed by atoms with Gasteiger partial charge in [0.05, 0.1) is 22.9 Å². The van der Waals surface area contributed by atoms with Crippen molar-refractivity contribution in [3.63, 3.8) is 0 Å². The average Bonchev–Trinajstić information content (AvgIpc) is 3.28. The Morgan fingerprint density at radius 3 is 2.52 bits per heavy atom. The third-order valence-electron chi connectivity index (χ3n) is 4.51. The number of rotatable bonds is 4. The van der Waals surface area contributed by atoms with Crippen molar-refractivity contribution in [2.45, 2.75) is 18.0 Å². The van der Waals surface area contributed by atoms with Crippen LogP contribution < -0.4 is 5.56 Å².